The van der Waals surface area contributed by atoms with E-state index < -0.39 is 0 Å². The van der Waals surface area contributed by atoms with Crippen LogP contribution in [0, 0.1) is 6.92 Å². The van der Waals surface area contributed by atoms with Crippen molar-refractivity contribution in [2.75, 3.05) is 13.7 Å². The summed E-state index contributed by atoms with van der Waals surface area (Å²) in [4.78, 5) is 15.2. The van der Waals surface area contributed by atoms with Crippen LogP contribution in [0.2, 0.25) is 0 Å². The molecule has 0 radical (unpaired) electrons. The lowest BCUT2D eigenvalue weighted by Crippen LogP contribution is -2.40. The molecule has 3 rings (SSSR count). The number of nitrogens with zero attached hydrogens (tertiary/aromatic N) is 3. The van der Waals surface area contributed by atoms with Gasteiger partial charge < -0.3 is 9.64 Å². The van der Waals surface area contributed by atoms with E-state index in [4.69, 9.17) is 4.74 Å². The standard InChI is InChI=1S/C15H19N3O2S/c1-9-12(7-16-17(9)3)13-8-18(15(19)20-4)10(2)11-5-6-21-14(11)13/h5-7,10,13H,8H2,1-4H3. The number of methoxy groups -OCH3 is 1. The lowest BCUT2D eigenvalue weighted by atomic mass is 9.88. The van der Waals surface area contributed by atoms with Crippen LogP contribution in [-0.2, 0) is 11.8 Å². The average Bonchev–Trinajstić information content (AvgIpc) is 3.08. The molecular weight excluding hydrogens is 286 g/mol. The Labute approximate surface area is 128 Å². The minimum absolute atomic E-state index is 0.0481. The minimum Gasteiger partial charge on any atom is -0.453 e. The molecule has 0 aromatic carbocycles. The molecule has 3 heterocycles. The van der Waals surface area contributed by atoms with Gasteiger partial charge in [-0.05, 0) is 30.9 Å². The molecule has 0 saturated heterocycles. The third kappa shape index (κ3) is 2.14. The van der Waals surface area contributed by atoms with E-state index in [0.29, 0.717) is 6.54 Å². The molecule has 1 amide bonds. The SMILES string of the molecule is COC(=O)N1CC(c2cnn(C)c2C)c2sccc2C1C. The number of carbonyl (C=O) groups is 1. The summed E-state index contributed by atoms with van der Waals surface area (Å²) in [6.45, 7) is 4.75. The molecule has 6 heteroatoms. The second kappa shape index (κ2) is 5.18. The molecule has 112 valence electrons. The highest BCUT2D eigenvalue weighted by Crippen LogP contribution is 2.43. The third-order valence-corrected chi connectivity index (χ3v) is 5.44. The number of amides is 1. The first-order valence-corrected chi connectivity index (χ1v) is 7.83. The predicted molar refractivity (Wildman–Crippen MR) is 81.6 cm³/mol. The fraction of sp³-hybridized carbons (Fsp3) is 0.467. The zero-order chi connectivity index (χ0) is 15.1. The average molecular weight is 305 g/mol. The Balaban J connectivity index is 2.07. The van der Waals surface area contributed by atoms with E-state index in [1.807, 2.05) is 17.9 Å². The minimum atomic E-state index is -0.272. The van der Waals surface area contributed by atoms with Crippen molar-refractivity contribution in [2.45, 2.75) is 25.8 Å². The van der Waals surface area contributed by atoms with Gasteiger partial charge in [0.2, 0.25) is 0 Å². The summed E-state index contributed by atoms with van der Waals surface area (Å²) in [7, 11) is 3.38. The first-order chi connectivity index (χ1) is 10.0. The second-order valence-corrected chi connectivity index (χ2v) is 6.35. The molecule has 0 aliphatic carbocycles. The monoisotopic (exact) mass is 305 g/mol. The summed E-state index contributed by atoms with van der Waals surface area (Å²) in [5.41, 5.74) is 3.53. The topological polar surface area (TPSA) is 47.4 Å². The molecule has 0 N–H and O–H groups in total. The van der Waals surface area contributed by atoms with Gasteiger partial charge in [0, 0.05) is 35.6 Å². The maximum atomic E-state index is 12.1. The number of carbonyl (C=O) groups excluding carboxylic acids is 1. The predicted octanol–water partition coefficient (Wildman–Crippen LogP) is 3.06. The van der Waals surface area contributed by atoms with Gasteiger partial charge in [-0.1, -0.05) is 0 Å². The molecule has 2 aromatic rings. The van der Waals surface area contributed by atoms with Crippen molar-refractivity contribution in [3.05, 3.63) is 39.3 Å². The number of hydrogen-bond acceptors (Lipinski definition) is 4. The fourth-order valence-electron chi connectivity index (χ4n) is 3.01. The highest BCUT2D eigenvalue weighted by atomic mass is 32.1. The third-order valence-electron chi connectivity index (χ3n) is 4.40. The summed E-state index contributed by atoms with van der Waals surface area (Å²) < 4.78 is 6.82. The Morgan fingerprint density at radius 3 is 2.86 bits per heavy atom. The van der Waals surface area contributed by atoms with E-state index in [-0.39, 0.29) is 18.1 Å². The molecule has 21 heavy (non-hydrogen) atoms. The van der Waals surface area contributed by atoms with Crippen LogP contribution in [0.15, 0.2) is 17.6 Å². The van der Waals surface area contributed by atoms with Crippen LogP contribution in [-0.4, -0.2) is 34.4 Å². The molecule has 1 aliphatic rings. The Bertz CT molecular complexity index is 676. The number of hydrogen-bond donors (Lipinski definition) is 0. The highest BCUT2D eigenvalue weighted by molar-refractivity contribution is 7.10. The van der Waals surface area contributed by atoms with E-state index in [0.717, 1.165) is 5.69 Å². The van der Waals surface area contributed by atoms with Crippen LogP contribution in [0.1, 0.15) is 40.6 Å². The van der Waals surface area contributed by atoms with Crippen molar-refractivity contribution >= 4 is 17.4 Å². The van der Waals surface area contributed by atoms with Crippen LogP contribution in [0.5, 0.6) is 0 Å². The lowest BCUT2D eigenvalue weighted by molar-refractivity contribution is 0.102. The number of fused-ring (bicyclic) bond motifs is 1. The number of rotatable bonds is 1. The lowest BCUT2D eigenvalue weighted by Gasteiger charge is -2.37. The quantitative estimate of drug-likeness (QED) is 0.813. The van der Waals surface area contributed by atoms with Crippen molar-refractivity contribution in [2.24, 2.45) is 7.05 Å². The summed E-state index contributed by atoms with van der Waals surface area (Å²) in [6.07, 6.45) is 1.64. The van der Waals surface area contributed by atoms with Crippen molar-refractivity contribution < 1.29 is 9.53 Å². The van der Waals surface area contributed by atoms with Crippen molar-refractivity contribution in [3.8, 4) is 0 Å². The van der Waals surface area contributed by atoms with Gasteiger partial charge >= 0.3 is 6.09 Å². The molecule has 2 atom stereocenters. The summed E-state index contributed by atoms with van der Waals surface area (Å²) in [5, 5.41) is 6.44. The van der Waals surface area contributed by atoms with Crippen LogP contribution >= 0.6 is 11.3 Å². The zero-order valence-corrected chi connectivity index (χ0v) is 13.5. The Hall–Kier alpha value is -1.82. The number of ether oxygens (including phenoxy) is 1. The van der Waals surface area contributed by atoms with Crippen molar-refractivity contribution in [1.29, 1.82) is 0 Å². The fourth-order valence-corrected chi connectivity index (χ4v) is 4.11. The highest BCUT2D eigenvalue weighted by Gasteiger charge is 2.36. The van der Waals surface area contributed by atoms with Gasteiger partial charge in [-0.15, -0.1) is 11.3 Å². The van der Waals surface area contributed by atoms with Gasteiger partial charge in [-0.3, -0.25) is 4.68 Å². The summed E-state index contributed by atoms with van der Waals surface area (Å²) >= 11 is 1.76. The van der Waals surface area contributed by atoms with Gasteiger partial charge in [0.05, 0.1) is 19.3 Å². The normalized spacial score (nSPS) is 21.2. The number of thiophene rings is 1. The molecule has 2 aromatic heterocycles. The molecule has 0 saturated carbocycles. The molecule has 0 fully saturated rings. The van der Waals surface area contributed by atoms with E-state index in [9.17, 15) is 4.79 Å². The molecular formula is C15H19N3O2S. The largest absolute Gasteiger partial charge is 0.453 e. The van der Waals surface area contributed by atoms with Crippen LogP contribution in [0.4, 0.5) is 4.79 Å². The molecule has 2 unspecified atom stereocenters. The first kappa shape index (κ1) is 14.1. The van der Waals surface area contributed by atoms with Crippen LogP contribution < -0.4 is 0 Å². The second-order valence-electron chi connectivity index (χ2n) is 5.40. The van der Waals surface area contributed by atoms with Gasteiger partial charge in [-0.25, -0.2) is 4.79 Å². The maximum Gasteiger partial charge on any atom is 0.410 e. The van der Waals surface area contributed by atoms with Crippen molar-refractivity contribution in [1.82, 2.24) is 14.7 Å². The maximum absolute atomic E-state index is 12.1. The summed E-state index contributed by atoms with van der Waals surface area (Å²) in [5.74, 6) is 0.170. The van der Waals surface area contributed by atoms with E-state index >= 15 is 0 Å². The molecule has 0 bridgehead atoms. The smallest absolute Gasteiger partial charge is 0.410 e. The summed E-state index contributed by atoms with van der Waals surface area (Å²) in [6, 6.07) is 2.16. The molecule has 0 spiro atoms. The van der Waals surface area contributed by atoms with E-state index in [2.05, 4.69) is 30.4 Å². The number of aryl methyl sites for hydroxylation is 1. The van der Waals surface area contributed by atoms with Crippen molar-refractivity contribution in [3.63, 3.8) is 0 Å². The Morgan fingerprint density at radius 2 is 2.24 bits per heavy atom. The molecule has 5 nitrogen and oxygen atoms in total. The zero-order valence-electron chi connectivity index (χ0n) is 12.7. The van der Waals surface area contributed by atoms with Crippen LogP contribution in [0.3, 0.4) is 0 Å². The van der Waals surface area contributed by atoms with Gasteiger partial charge in [0.25, 0.3) is 0 Å². The Kier molecular flexibility index (Phi) is 3.49. The van der Waals surface area contributed by atoms with Gasteiger partial charge in [0.1, 0.15) is 0 Å². The van der Waals surface area contributed by atoms with E-state index in [1.165, 1.54) is 23.1 Å². The van der Waals surface area contributed by atoms with Gasteiger partial charge in [0.15, 0.2) is 0 Å². The number of aromatic nitrogens is 2. The molecule has 1 aliphatic heterocycles. The first-order valence-electron chi connectivity index (χ1n) is 6.95. The van der Waals surface area contributed by atoms with E-state index in [1.54, 1.807) is 16.2 Å². The van der Waals surface area contributed by atoms with Gasteiger partial charge in [-0.2, -0.15) is 5.10 Å². The Morgan fingerprint density at radius 1 is 1.48 bits per heavy atom. The van der Waals surface area contributed by atoms with Crippen LogP contribution in [0.25, 0.3) is 0 Å².